The Bertz CT molecular complexity index is 890. The number of carbonyl (C=O) groups is 4. The summed E-state index contributed by atoms with van der Waals surface area (Å²) in [5.74, 6) is 0.0278. The highest BCUT2D eigenvalue weighted by molar-refractivity contribution is 5.82. The second kappa shape index (κ2) is 15.0. The van der Waals surface area contributed by atoms with Gasteiger partial charge in [0.25, 0.3) is 0 Å². The van der Waals surface area contributed by atoms with Gasteiger partial charge in [0, 0.05) is 25.0 Å². The summed E-state index contributed by atoms with van der Waals surface area (Å²) >= 11 is 0. The fraction of sp³-hybridized carbons (Fsp3) is 0.571. The van der Waals surface area contributed by atoms with E-state index in [9.17, 15) is 19.2 Å². The molecule has 2 heterocycles. The lowest BCUT2D eigenvalue weighted by Gasteiger charge is -2.13. The van der Waals surface area contributed by atoms with Crippen molar-refractivity contribution in [3.63, 3.8) is 0 Å². The van der Waals surface area contributed by atoms with Crippen LogP contribution < -0.4 is 0 Å². The van der Waals surface area contributed by atoms with Gasteiger partial charge in [-0.05, 0) is 65.5 Å². The van der Waals surface area contributed by atoms with Crippen molar-refractivity contribution in [1.82, 2.24) is 0 Å². The molecule has 0 aromatic carbocycles. The molecule has 10 heteroatoms. The van der Waals surface area contributed by atoms with Gasteiger partial charge in [-0.1, -0.05) is 25.0 Å². The average molecular weight is 535 g/mol. The van der Waals surface area contributed by atoms with Crippen LogP contribution in [0.25, 0.3) is 0 Å². The highest BCUT2D eigenvalue weighted by Crippen LogP contribution is 2.30. The molecule has 0 aliphatic carbocycles. The van der Waals surface area contributed by atoms with Gasteiger partial charge in [0.15, 0.2) is 22.7 Å². The average Bonchev–Trinajstić information content (AvgIpc) is 3.25. The van der Waals surface area contributed by atoms with Gasteiger partial charge in [0.05, 0.1) is 13.2 Å². The van der Waals surface area contributed by atoms with Crippen molar-refractivity contribution >= 4 is 24.2 Å². The maximum Gasteiger partial charge on any atom is 0.514 e. The van der Waals surface area contributed by atoms with E-state index < -0.39 is 35.5 Å². The molecule has 0 aromatic heterocycles. The number of hydrogen-bond donors (Lipinski definition) is 0. The number of esters is 2. The number of rotatable bonds is 15. The molecular weight excluding hydrogens is 496 g/mol. The van der Waals surface area contributed by atoms with Crippen LogP contribution in [0.15, 0.2) is 48.0 Å². The first-order chi connectivity index (χ1) is 18.0. The summed E-state index contributed by atoms with van der Waals surface area (Å²) in [6.07, 6.45) is 14.7. The maximum atomic E-state index is 11.8. The van der Waals surface area contributed by atoms with Gasteiger partial charge in [-0.25, -0.2) is 19.2 Å². The predicted molar refractivity (Wildman–Crippen MR) is 137 cm³/mol. The lowest BCUT2D eigenvalue weighted by atomic mass is 10.1. The van der Waals surface area contributed by atoms with Crippen molar-refractivity contribution in [3.8, 4) is 0 Å². The van der Waals surface area contributed by atoms with Crippen LogP contribution in [-0.2, 0) is 38.0 Å². The number of ether oxygens (including phenoxy) is 6. The van der Waals surface area contributed by atoms with Gasteiger partial charge < -0.3 is 28.4 Å². The van der Waals surface area contributed by atoms with E-state index in [1.165, 1.54) is 12.2 Å². The number of unbranched alkanes of at least 4 members (excludes halogenated alkanes) is 5. The largest absolute Gasteiger partial charge is 0.514 e. The molecule has 10 nitrogen and oxygen atoms in total. The van der Waals surface area contributed by atoms with Crippen LogP contribution in [0.4, 0.5) is 9.59 Å². The van der Waals surface area contributed by atoms with E-state index in [2.05, 4.69) is 0 Å². The molecule has 2 rings (SSSR count). The standard InChI is InChI=1S/C28H38O10/c1-27(2)21(35-25(31)37-27)15-13-19-33-23(29)17-11-9-7-5-6-8-10-12-18-24(30)34-20-14-16-22-28(3,4)38-26(32)36-22/h11-12,15-18H,5-10,13-14,19-20H2,1-4H3/b17-11+,18-12+,21-15+,22-16+. The van der Waals surface area contributed by atoms with Crippen LogP contribution >= 0.6 is 0 Å². The van der Waals surface area contributed by atoms with E-state index in [1.54, 1.807) is 52.0 Å². The van der Waals surface area contributed by atoms with Crippen molar-refractivity contribution < 1.29 is 47.6 Å². The summed E-state index contributed by atoms with van der Waals surface area (Å²) in [7, 11) is 0. The second-order valence-corrected chi connectivity index (χ2v) is 9.77. The minimum absolute atomic E-state index is 0.185. The van der Waals surface area contributed by atoms with Crippen LogP contribution in [0, 0.1) is 0 Å². The third kappa shape index (κ3) is 11.2. The van der Waals surface area contributed by atoms with Crippen LogP contribution in [0.1, 0.15) is 79.1 Å². The Morgan fingerprint density at radius 3 is 1.39 bits per heavy atom. The Hall–Kier alpha value is -3.56. The minimum atomic E-state index is -0.800. The minimum Gasteiger partial charge on any atom is -0.462 e. The highest BCUT2D eigenvalue weighted by atomic mass is 16.8. The molecule has 2 aliphatic heterocycles. The number of allylic oxidation sites excluding steroid dienone is 2. The van der Waals surface area contributed by atoms with Crippen molar-refractivity contribution in [3.05, 3.63) is 48.0 Å². The fourth-order valence-electron chi connectivity index (χ4n) is 3.59. The molecule has 0 amide bonds. The summed E-state index contributed by atoms with van der Waals surface area (Å²) in [6, 6.07) is 0. The molecule has 0 aromatic rings. The van der Waals surface area contributed by atoms with Crippen LogP contribution in [-0.4, -0.2) is 48.7 Å². The Labute approximate surface area is 223 Å². The smallest absolute Gasteiger partial charge is 0.462 e. The molecular formula is C28H38O10. The normalized spacial score (nSPS) is 20.0. The van der Waals surface area contributed by atoms with Gasteiger partial charge in [0.1, 0.15) is 0 Å². The zero-order chi connectivity index (χ0) is 28.0. The number of hydrogen-bond acceptors (Lipinski definition) is 10. The molecule has 2 aliphatic rings. The highest BCUT2D eigenvalue weighted by Gasteiger charge is 2.39. The zero-order valence-corrected chi connectivity index (χ0v) is 22.6. The Morgan fingerprint density at radius 2 is 1.05 bits per heavy atom. The van der Waals surface area contributed by atoms with E-state index in [0.717, 1.165) is 38.5 Å². The maximum absolute atomic E-state index is 11.8. The first-order valence-electron chi connectivity index (χ1n) is 12.9. The van der Waals surface area contributed by atoms with Crippen molar-refractivity contribution in [1.29, 1.82) is 0 Å². The van der Waals surface area contributed by atoms with Gasteiger partial charge >= 0.3 is 24.2 Å². The quantitative estimate of drug-likeness (QED) is 0.107. The summed E-state index contributed by atoms with van der Waals surface area (Å²) in [4.78, 5) is 45.8. The Morgan fingerprint density at radius 1 is 0.658 bits per heavy atom. The SMILES string of the molecule is CC1(C)OC(=O)O/C1=C/CCOC(=O)/C=C/CCCCCC/C=C/C(=O)OCC/C=C1/OC(=O)OC1(C)C. The van der Waals surface area contributed by atoms with Crippen molar-refractivity contribution in [2.24, 2.45) is 0 Å². The van der Waals surface area contributed by atoms with E-state index in [4.69, 9.17) is 28.4 Å². The predicted octanol–water partition coefficient (Wildman–Crippen LogP) is 5.96. The summed E-state index contributed by atoms with van der Waals surface area (Å²) in [6.45, 7) is 7.28. The molecule has 2 saturated heterocycles. The van der Waals surface area contributed by atoms with Crippen LogP contribution in [0.3, 0.4) is 0 Å². The molecule has 0 bridgehead atoms. The summed E-state index contributed by atoms with van der Waals surface area (Å²) in [5, 5.41) is 0. The van der Waals surface area contributed by atoms with E-state index >= 15 is 0 Å². The van der Waals surface area contributed by atoms with Gasteiger partial charge in [0.2, 0.25) is 0 Å². The number of cyclic esters (lactones) is 4. The van der Waals surface area contributed by atoms with Crippen molar-refractivity contribution in [2.75, 3.05) is 13.2 Å². The molecule has 38 heavy (non-hydrogen) atoms. The summed E-state index contributed by atoms with van der Waals surface area (Å²) < 4.78 is 30.2. The van der Waals surface area contributed by atoms with Gasteiger partial charge in [-0.15, -0.1) is 0 Å². The van der Waals surface area contributed by atoms with Crippen molar-refractivity contribution in [2.45, 2.75) is 90.3 Å². The Kier molecular flexibility index (Phi) is 12.1. The van der Waals surface area contributed by atoms with Gasteiger partial charge in [-0.3, -0.25) is 0 Å². The molecule has 0 unspecified atom stereocenters. The van der Waals surface area contributed by atoms with E-state index in [-0.39, 0.29) is 13.2 Å². The lowest BCUT2D eigenvalue weighted by molar-refractivity contribution is -0.138. The summed E-state index contributed by atoms with van der Waals surface area (Å²) in [5.41, 5.74) is -1.60. The molecule has 0 spiro atoms. The third-order valence-corrected chi connectivity index (χ3v) is 5.63. The fourth-order valence-corrected chi connectivity index (χ4v) is 3.59. The van der Waals surface area contributed by atoms with Crippen LogP contribution in [0.2, 0.25) is 0 Å². The van der Waals surface area contributed by atoms with E-state index in [0.29, 0.717) is 24.4 Å². The third-order valence-electron chi connectivity index (χ3n) is 5.63. The second-order valence-electron chi connectivity index (χ2n) is 9.77. The first kappa shape index (κ1) is 30.7. The molecule has 0 saturated carbocycles. The first-order valence-corrected chi connectivity index (χ1v) is 12.9. The number of carbonyl (C=O) groups excluding carboxylic acids is 4. The van der Waals surface area contributed by atoms with E-state index in [1.807, 2.05) is 0 Å². The lowest BCUT2D eigenvalue weighted by Crippen LogP contribution is -2.20. The monoisotopic (exact) mass is 534 g/mol. The van der Waals surface area contributed by atoms with Crippen LogP contribution in [0.5, 0.6) is 0 Å². The zero-order valence-electron chi connectivity index (χ0n) is 22.6. The molecule has 0 radical (unpaired) electrons. The molecule has 0 N–H and O–H groups in total. The molecule has 210 valence electrons. The Balaban J connectivity index is 1.44. The molecule has 0 atom stereocenters. The van der Waals surface area contributed by atoms with Gasteiger partial charge in [-0.2, -0.15) is 0 Å². The topological polar surface area (TPSA) is 124 Å². The molecule has 2 fully saturated rings.